The van der Waals surface area contributed by atoms with Crippen molar-refractivity contribution in [1.29, 1.82) is 0 Å². The van der Waals surface area contributed by atoms with E-state index in [4.69, 9.17) is 0 Å². The van der Waals surface area contributed by atoms with Crippen molar-refractivity contribution in [3.8, 4) is 0 Å². The molecular formula is C15H16O2. The summed E-state index contributed by atoms with van der Waals surface area (Å²) in [5.41, 5.74) is 0.669. The molecule has 0 aliphatic carbocycles. The number of carbonyl (C=O) groups is 1. The van der Waals surface area contributed by atoms with E-state index in [1.54, 1.807) is 13.8 Å². The number of hydrogen-bond donors (Lipinski definition) is 1. The average Bonchev–Trinajstić information content (AvgIpc) is 2.36. The molecule has 0 radical (unpaired) electrons. The first-order valence-corrected chi connectivity index (χ1v) is 5.80. The molecule has 0 aliphatic heterocycles. The summed E-state index contributed by atoms with van der Waals surface area (Å²) < 4.78 is 0. The molecule has 0 aromatic heterocycles. The van der Waals surface area contributed by atoms with E-state index in [1.165, 1.54) is 0 Å². The third kappa shape index (κ3) is 2.37. The zero-order valence-corrected chi connectivity index (χ0v) is 10.1. The number of rotatable bonds is 3. The van der Waals surface area contributed by atoms with Crippen LogP contribution in [0.15, 0.2) is 42.5 Å². The standard InChI is InChI=1S/C15H16O2/c1-10(2)14(16)15(17)13-8-7-11-5-3-4-6-12(11)9-13/h3-10,15,17H,1-2H3/t15-/m1/s1. The summed E-state index contributed by atoms with van der Waals surface area (Å²) in [6.07, 6.45) is -1.01. The third-order valence-corrected chi connectivity index (χ3v) is 2.93. The van der Waals surface area contributed by atoms with Crippen LogP contribution in [0.2, 0.25) is 0 Å². The lowest BCUT2D eigenvalue weighted by molar-refractivity contribution is -0.130. The first kappa shape index (κ1) is 11.8. The number of aliphatic hydroxyl groups is 1. The van der Waals surface area contributed by atoms with Crippen LogP contribution < -0.4 is 0 Å². The number of fused-ring (bicyclic) bond motifs is 1. The van der Waals surface area contributed by atoms with E-state index in [0.717, 1.165) is 10.8 Å². The van der Waals surface area contributed by atoms with Gasteiger partial charge in [-0.3, -0.25) is 4.79 Å². The monoisotopic (exact) mass is 228 g/mol. The second kappa shape index (κ2) is 4.68. The number of ketones is 1. The second-order valence-electron chi connectivity index (χ2n) is 4.57. The molecule has 88 valence electrons. The van der Waals surface area contributed by atoms with Gasteiger partial charge in [0.25, 0.3) is 0 Å². The lowest BCUT2D eigenvalue weighted by atomic mass is 9.96. The predicted molar refractivity (Wildman–Crippen MR) is 68.8 cm³/mol. The maximum atomic E-state index is 11.7. The highest BCUT2D eigenvalue weighted by Gasteiger charge is 2.20. The summed E-state index contributed by atoms with van der Waals surface area (Å²) >= 11 is 0. The molecule has 0 saturated carbocycles. The lowest BCUT2D eigenvalue weighted by Gasteiger charge is -2.13. The number of aliphatic hydroxyl groups excluding tert-OH is 1. The lowest BCUT2D eigenvalue weighted by Crippen LogP contribution is -2.17. The first-order valence-electron chi connectivity index (χ1n) is 5.80. The normalized spacial score (nSPS) is 12.9. The predicted octanol–water partition coefficient (Wildman–Crippen LogP) is 3.10. The Bertz CT molecular complexity index is 543. The third-order valence-electron chi connectivity index (χ3n) is 2.93. The van der Waals surface area contributed by atoms with Crippen molar-refractivity contribution in [3.63, 3.8) is 0 Å². The highest BCUT2D eigenvalue weighted by molar-refractivity contribution is 5.88. The molecule has 1 atom stereocenters. The zero-order chi connectivity index (χ0) is 12.4. The summed E-state index contributed by atoms with van der Waals surface area (Å²) in [6, 6.07) is 13.5. The number of Topliss-reactive ketones (excluding diaryl/α,β-unsaturated/α-hetero) is 1. The van der Waals surface area contributed by atoms with E-state index < -0.39 is 6.10 Å². The minimum Gasteiger partial charge on any atom is -0.381 e. The molecule has 1 N–H and O–H groups in total. The Morgan fingerprint density at radius 2 is 1.71 bits per heavy atom. The van der Waals surface area contributed by atoms with E-state index in [1.807, 2.05) is 42.5 Å². The maximum absolute atomic E-state index is 11.7. The topological polar surface area (TPSA) is 37.3 Å². The number of hydrogen-bond acceptors (Lipinski definition) is 2. The zero-order valence-electron chi connectivity index (χ0n) is 10.1. The van der Waals surface area contributed by atoms with Gasteiger partial charge in [-0.05, 0) is 22.4 Å². The van der Waals surface area contributed by atoms with Crippen LogP contribution in [0.3, 0.4) is 0 Å². The van der Waals surface area contributed by atoms with Gasteiger partial charge in [0.05, 0.1) is 0 Å². The molecule has 0 unspecified atom stereocenters. The molecule has 0 spiro atoms. The van der Waals surface area contributed by atoms with Crippen molar-refractivity contribution in [2.24, 2.45) is 5.92 Å². The van der Waals surface area contributed by atoms with Gasteiger partial charge in [-0.1, -0.05) is 50.2 Å². The van der Waals surface area contributed by atoms with Crippen molar-refractivity contribution in [1.82, 2.24) is 0 Å². The SMILES string of the molecule is CC(C)C(=O)[C@H](O)c1ccc2ccccc2c1. The molecule has 2 rings (SSSR count). The summed E-state index contributed by atoms with van der Waals surface area (Å²) in [4.78, 5) is 11.7. The van der Waals surface area contributed by atoms with Gasteiger partial charge in [0.15, 0.2) is 5.78 Å². The van der Waals surface area contributed by atoms with Gasteiger partial charge in [-0.15, -0.1) is 0 Å². The Labute approximate surface area is 101 Å². The Morgan fingerprint density at radius 3 is 2.35 bits per heavy atom. The Kier molecular flexibility index (Phi) is 3.25. The highest BCUT2D eigenvalue weighted by atomic mass is 16.3. The minimum absolute atomic E-state index is 0.139. The fourth-order valence-corrected chi connectivity index (χ4v) is 1.86. The van der Waals surface area contributed by atoms with E-state index in [0.29, 0.717) is 5.56 Å². The molecule has 0 aliphatic rings. The van der Waals surface area contributed by atoms with Crippen LogP contribution in [0.25, 0.3) is 10.8 Å². The van der Waals surface area contributed by atoms with Crippen LogP contribution in [0, 0.1) is 5.92 Å². The fraction of sp³-hybridized carbons (Fsp3) is 0.267. The van der Waals surface area contributed by atoms with Crippen LogP contribution in [0.4, 0.5) is 0 Å². The summed E-state index contributed by atoms with van der Waals surface area (Å²) in [5.74, 6) is -0.295. The molecule has 2 heteroatoms. The number of carbonyl (C=O) groups excluding carboxylic acids is 1. The van der Waals surface area contributed by atoms with E-state index in [-0.39, 0.29) is 11.7 Å². The van der Waals surface area contributed by atoms with Gasteiger partial charge >= 0.3 is 0 Å². The smallest absolute Gasteiger partial charge is 0.168 e. The molecular weight excluding hydrogens is 212 g/mol. The van der Waals surface area contributed by atoms with Gasteiger partial charge in [0.2, 0.25) is 0 Å². The Balaban J connectivity index is 2.39. The fourth-order valence-electron chi connectivity index (χ4n) is 1.86. The molecule has 2 aromatic rings. The van der Waals surface area contributed by atoms with Crippen LogP contribution in [-0.4, -0.2) is 10.9 Å². The minimum atomic E-state index is -1.01. The molecule has 2 aromatic carbocycles. The van der Waals surface area contributed by atoms with Crippen molar-refractivity contribution in [3.05, 3.63) is 48.0 Å². The van der Waals surface area contributed by atoms with Gasteiger partial charge in [0.1, 0.15) is 6.10 Å². The Hall–Kier alpha value is -1.67. The molecule has 17 heavy (non-hydrogen) atoms. The van der Waals surface area contributed by atoms with E-state index in [2.05, 4.69) is 0 Å². The largest absolute Gasteiger partial charge is 0.381 e. The summed E-state index contributed by atoms with van der Waals surface area (Å²) in [5, 5.41) is 12.1. The van der Waals surface area contributed by atoms with Gasteiger partial charge in [0, 0.05) is 5.92 Å². The van der Waals surface area contributed by atoms with Crippen molar-refractivity contribution < 1.29 is 9.90 Å². The van der Waals surface area contributed by atoms with Crippen molar-refractivity contribution in [2.45, 2.75) is 20.0 Å². The van der Waals surface area contributed by atoms with Gasteiger partial charge in [-0.25, -0.2) is 0 Å². The van der Waals surface area contributed by atoms with Gasteiger partial charge < -0.3 is 5.11 Å². The van der Waals surface area contributed by atoms with Crippen molar-refractivity contribution in [2.75, 3.05) is 0 Å². The average molecular weight is 228 g/mol. The molecule has 2 nitrogen and oxygen atoms in total. The van der Waals surface area contributed by atoms with E-state index >= 15 is 0 Å². The van der Waals surface area contributed by atoms with E-state index in [9.17, 15) is 9.90 Å². The maximum Gasteiger partial charge on any atom is 0.168 e. The quantitative estimate of drug-likeness (QED) is 0.876. The summed E-state index contributed by atoms with van der Waals surface area (Å²) in [7, 11) is 0. The van der Waals surface area contributed by atoms with Gasteiger partial charge in [-0.2, -0.15) is 0 Å². The van der Waals surface area contributed by atoms with Crippen LogP contribution in [0.1, 0.15) is 25.5 Å². The van der Waals surface area contributed by atoms with Crippen molar-refractivity contribution >= 4 is 16.6 Å². The molecule has 0 amide bonds. The molecule has 0 saturated heterocycles. The Morgan fingerprint density at radius 1 is 1.06 bits per heavy atom. The number of benzene rings is 2. The molecule has 0 bridgehead atoms. The van der Waals surface area contributed by atoms with Crippen LogP contribution >= 0.6 is 0 Å². The van der Waals surface area contributed by atoms with Crippen LogP contribution in [-0.2, 0) is 4.79 Å². The highest BCUT2D eigenvalue weighted by Crippen LogP contribution is 2.22. The second-order valence-corrected chi connectivity index (χ2v) is 4.57. The molecule has 0 heterocycles. The first-order chi connectivity index (χ1) is 8.09. The summed E-state index contributed by atoms with van der Waals surface area (Å²) in [6.45, 7) is 3.60. The molecule has 0 fully saturated rings. The van der Waals surface area contributed by atoms with Crippen LogP contribution in [0.5, 0.6) is 0 Å².